The number of ether oxygens (including phenoxy) is 1. The Hall–Kier alpha value is -1.10. The first-order valence-electron chi connectivity index (χ1n) is 4.24. The normalized spacial score (nSPS) is 23.2. The molecule has 0 saturated carbocycles. The maximum absolute atomic E-state index is 10.0. The van der Waals surface area contributed by atoms with E-state index in [1.54, 1.807) is 6.21 Å². The van der Waals surface area contributed by atoms with Gasteiger partial charge in [-0.15, -0.1) is 0 Å². The van der Waals surface area contributed by atoms with E-state index in [2.05, 4.69) is 9.99 Å². The Balaban J connectivity index is 2.11. The molecule has 1 atom stereocenters. The monoisotopic (exact) mass is 187 g/mol. The maximum atomic E-state index is 10.0. The number of rotatable bonds is 4. The Morgan fingerprint density at radius 2 is 2.62 bits per heavy atom. The summed E-state index contributed by atoms with van der Waals surface area (Å²) in [6, 6.07) is 0. The highest BCUT2D eigenvalue weighted by Gasteiger charge is 2.11. The third-order valence-electron chi connectivity index (χ3n) is 1.73. The number of nitrogens with zero attached hydrogens (tertiary/aromatic N) is 1. The molecular formula is C8H13NO4. The molecule has 1 rings (SSSR count). The lowest BCUT2D eigenvalue weighted by atomic mass is 10.0. The van der Waals surface area contributed by atoms with Crippen LogP contribution in [0.25, 0.3) is 0 Å². The molecule has 0 aliphatic carbocycles. The van der Waals surface area contributed by atoms with Crippen LogP contribution in [0.3, 0.4) is 0 Å². The molecule has 1 saturated heterocycles. The zero-order chi connectivity index (χ0) is 9.52. The molecule has 0 bridgehead atoms. The van der Waals surface area contributed by atoms with E-state index in [0.717, 1.165) is 19.4 Å². The van der Waals surface area contributed by atoms with Crippen molar-refractivity contribution in [1.82, 2.24) is 0 Å². The van der Waals surface area contributed by atoms with E-state index in [9.17, 15) is 4.79 Å². The van der Waals surface area contributed by atoms with Gasteiger partial charge >= 0.3 is 5.97 Å². The summed E-state index contributed by atoms with van der Waals surface area (Å²) in [5, 5.41) is 11.8. The van der Waals surface area contributed by atoms with Gasteiger partial charge in [0.05, 0.1) is 6.61 Å². The lowest BCUT2D eigenvalue weighted by molar-refractivity contribution is -0.142. The second-order valence-corrected chi connectivity index (χ2v) is 2.90. The van der Waals surface area contributed by atoms with Gasteiger partial charge in [0, 0.05) is 18.7 Å². The summed E-state index contributed by atoms with van der Waals surface area (Å²) in [6.45, 7) is 1.07. The molecule has 5 heteroatoms. The standard InChI is InChI=1S/C8H13NO4/c10-8(11)6-13-9-4-7-2-1-3-12-5-7/h4,7H,1-3,5-6H2,(H,10,11). The minimum Gasteiger partial charge on any atom is -0.479 e. The Morgan fingerprint density at radius 1 is 1.77 bits per heavy atom. The van der Waals surface area contributed by atoms with Gasteiger partial charge in [-0.1, -0.05) is 5.16 Å². The predicted molar refractivity (Wildman–Crippen MR) is 45.6 cm³/mol. The molecule has 1 heterocycles. The van der Waals surface area contributed by atoms with Crippen LogP contribution in [0.5, 0.6) is 0 Å². The summed E-state index contributed by atoms with van der Waals surface area (Å²) < 4.78 is 5.20. The molecule has 0 spiro atoms. The molecule has 74 valence electrons. The van der Waals surface area contributed by atoms with Gasteiger partial charge in [0.1, 0.15) is 0 Å². The van der Waals surface area contributed by atoms with E-state index in [0.29, 0.717) is 6.61 Å². The van der Waals surface area contributed by atoms with E-state index in [1.807, 2.05) is 0 Å². The number of carbonyl (C=O) groups is 1. The maximum Gasteiger partial charge on any atom is 0.344 e. The molecule has 0 amide bonds. The van der Waals surface area contributed by atoms with Crippen LogP contribution in [-0.2, 0) is 14.4 Å². The van der Waals surface area contributed by atoms with Crippen LogP contribution in [0.4, 0.5) is 0 Å². The SMILES string of the molecule is O=C(O)CON=CC1CCCOC1. The molecule has 5 nitrogen and oxygen atoms in total. The largest absolute Gasteiger partial charge is 0.479 e. The average Bonchev–Trinajstić information content (AvgIpc) is 2.14. The third kappa shape index (κ3) is 4.47. The van der Waals surface area contributed by atoms with Crippen molar-refractivity contribution in [1.29, 1.82) is 0 Å². The second kappa shape index (κ2) is 5.53. The minimum atomic E-state index is -1.02. The summed E-state index contributed by atoms with van der Waals surface area (Å²) in [5.41, 5.74) is 0. The van der Waals surface area contributed by atoms with Gasteiger partial charge in [-0.05, 0) is 12.8 Å². The summed E-state index contributed by atoms with van der Waals surface area (Å²) >= 11 is 0. The number of hydrogen-bond acceptors (Lipinski definition) is 4. The van der Waals surface area contributed by atoms with Gasteiger partial charge in [-0.2, -0.15) is 0 Å². The first kappa shape index (κ1) is 9.98. The highest BCUT2D eigenvalue weighted by atomic mass is 16.6. The molecule has 1 N–H and O–H groups in total. The van der Waals surface area contributed by atoms with Gasteiger partial charge in [-0.25, -0.2) is 4.79 Å². The van der Waals surface area contributed by atoms with E-state index in [-0.39, 0.29) is 12.5 Å². The molecule has 1 aliphatic rings. The Morgan fingerprint density at radius 3 is 3.23 bits per heavy atom. The summed E-state index contributed by atoms with van der Waals surface area (Å²) in [6.07, 6.45) is 3.66. The van der Waals surface area contributed by atoms with Gasteiger partial charge in [-0.3, -0.25) is 0 Å². The lowest BCUT2D eigenvalue weighted by Crippen LogP contribution is -2.18. The van der Waals surface area contributed by atoms with Crippen LogP contribution >= 0.6 is 0 Å². The van der Waals surface area contributed by atoms with Crippen LogP contribution in [0.2, 0.25) is 0 Å². The number of carboxylic acids is 1. The smallest absolute Gasteiger partial charge is 0.344 e. The number of oxime groups is 1. The van der Waals surface area contributed by atoms with Crippen LogP contribution in [0.15, 0.2) is 5.16 Å². The van der Waals surface area contributed by atoms with E-state index >= 15 is 0 Å². The lowest BCUT2D eigenvalue weighted by Gasteiger charge is -2.17. The highest BCUT2D eigenvalue weighted by Crippen LogP contribution is 2.10. The van der Waals surface area contributed by atoms with Crippen molar-refractivity contribution >= 4 is 12.2 Å². The first-order chi connectivity index (χ1) is 6.29. The summed E-state index contributed by atoms with van der Waals surface area (Å²) in [7, 11) is 0. The molecule has 0 aromatic heterocycles. The van der Waals surface area contributed by atoms with Crippen molar-refractivity contribution < 1.29 is 19.5 Å². The molecule has 1 fully saturated rings. The third-order valence-corrected chi connectivity index (χ3v) is 1.73. The van der Waals surface area contributed by atoms with Gasteiger partial charge in [0.15, 0.2) is 0 Å². The quantitative estimate of drug-likeness (QED) is 0.514. The van der Waals surface area contributed by atoms with Crippen molar-refractivity contribution in [2.45, 2.75) is 12.8 Å². The van der Waals surface area contributed by atoms with Crippen LogP contribution in [0, 0.1) is 5.92 Å². The fraction of sp³-hybridized carbons (Fsp3) is 0.750. The van der Waals surface area contributed by atoms with Gasteiger partial charge in [0.25, 0.3) is 0 Å². The van der Waals surface area contributed by atoms with Crippen molar-refractivity contribution in [2.75, 3.05) is 19.8 Å². The second-order valence-electron chi connectivity index (χ2n) is 2.90. The van der Waals surface area contributed by atoms with E-state index in [4.69, 9.17) is 9.84 Å². The average molecular weight is 187 g/mol. The molecule has 0 aromatic carbocycles. The molecule has 1 unspecified atom stereocenters. The molecule has 0 aromatic rings. The molecular weight excluding hydrogens is 174 g/mol. The first-order valence-corrected chi connectivity index (χ1v) is 4.24. The van der Waals surface area contributed by atoms with Crippen LogP contribution in [-0.4, -0.2) is 37.1 Å². The number of aliphatic carboxylic acids is 1. The summed E-state index contributed by atoms with van der Waals surface area (Å²) in [4.78, 5) is 14.5. The Bertz CT molecular complexity index is 187. The van der Waals surface area contributed by atoms with E-state index < -0.39 is 5.97 Å². The van der Waals surface area contributed by atoms with Gasteiger partial charge < -0.3 is 14.7 Å². The van der Waals surface area contributed by atoms with E-state index in [1.165, 1.54) is 0 Å². The van der Waals surface area contributed by atoms with Crippen molar-refractivity contribution in [3.8, 4) is 0 Å². The van der Waals surface area contributed by atoms with Crippen molar-refractivity contribution in [3.63, 3.8) is 0 Å². The van der Waals surface area contributed by atoms with Crippen molar-refractivity contribution in [2.24, 2.45) is 11.1 Å². The highest BCUT2D eigenvalue weighted by molar-refractivity contribution is 5.68. The summed E-state index contributed by atoms with van der Waals surface area (Å²) in [5.74, 6) is -0.750. The molecule has 13 heavy (non-hydrogen) atoms. The fourth-order valence-electron chi connectivity index (χ4n) is 1.10. The minimum absolute atomic E-state index is 0.266. The number of hydrogen-bond donors (Lipinski definition) is 1. The van der Waals surface area contributed by atoms with Crippen LogP contribution < -0.4 is 0 Å². The molecule has 0 radical (unpaired) electrons. The zero-order valence-corrected chi connectivity index (χ0v) is 7.31. The Kier molecular flexibility index (Phi) is 4.25. The predicted octanol–water partition coefficient (Wildman–Crippen LogP) is 0.500. The Labute approximate surface area is 76.3 Å². The number of carboxylic acid groups (broad SMARTS) is 1. The zero-order valence-electron chi connectivity index (χ0n) is 7.31. The molecule has 1 aliphatic heterocycles. The van der Waals surface area contributed by atoms with Crippen molar-refractivity contribution in [3.05, 3.63) is 0 Å². The topological polar surface area (TPSA) is 68.1 Å². The van der Waals surface area contributed by atoms with Crippen LogP contribution in [0.1, 0.15) is 12.8 Å². The van der Waals surface area contributed by atoms with Gasteiger partial charge in [0.2, 0.25) is 6.61 Å². The fourth-order valence-corrected chi connectivity index (χ4v) is 1.10.